The van der Waals surface area contributed by atoms with E-state index in [-0.39, 0.29) is 5.91 Å². The molecule has 122 valence electrons. The average Bonchev–Trinajstić information content (AvgIpc) is 3.16. The van der Waals surface area contributed by atoms with Crippen LogP contribution in [0.3, 0.4) is 0 Å². The standard InChI is InChI=1S/C18H23N3OS/c1-13-8-10-23-18(13)12-21-9-4-7-17(21)16-6-3-5-15(20-16)11-19-14(2)22/h3,5-6,8,10,17H,4,7,9,11-12H2,1-2H3,(H,19,22)/t17-/m1/s1. The zero-order valence-corrected chi connectivity index (χ0v) is 14.5. The van der Waals surface area contributed by atoms with E-state index >= 15 is 0 Å². The van der Waals surface area contributed by atoms with Crippen LogP contribution < -0.4 is 5.32 Å². The van der Waals surface area contributed by atoms with Crippen LogP contribution in [0.4, 0.5) is 0 Å². The Balaban J connectivity index is 1.73. The Morgan fingerprint density at radius 3 is 3.04 bits per heavy atom. The summed E-state index contributed by atoms with van der Waals surface area (Å²) in [6.45, 7) is 6.35. The van der Waals surface area contributed by atoms with E-state index < -0.39 is 0 Å². The molecule has 3 rings (SSSR count). The van der Waals surface area contributed by atoms with Gasteiger partial charge in [-0.3, -0.25) is 14.7 Å². The van der Waals surface area contributed by atoms with E-state index in [1.807, 2.05) is 23.5 Å². The van der Waals surface area contributed by atoms with Gasteiger partial charge in [-0.2, -0.15) is 0 Å². The lowest BCUT2D eigenvalue weighted by Gasteiger charge is -2.24. The fraction of sp³-hybridized carbons (Fsp3) is 0.444. The number of rotatable bonds is 5. The number of carbonyl (C=O) groups excluding carboxylic acids is 1. The van der Waals surface area contributed by atoms with Gasteiger partial charge in [-0.25, -0.2) is 0 Å². The molecule has 1 saturated heterocycles. The molecule has 23 heavy (non-hydrogen) atoms. The first-order valence-corrected chi connectivity index (χ1v) is 8.99. The van der Waals surface area contributed by atoms with Crippen molar-refractivity contribution in [3.05, 3.63) is 51.5 Å². The van der Waals surface area contributed by atoms with Crippen LogP contribution in [0.15, 0.2) is 29.6 Å². The summed E-state index contributed by atoms with van der Waals surface area (Å²) in [6.07, 6.45) is 2.37. The second-order valence-corrected chi connectivity index (χ2v) is 7.12. The van der Waals surface area contributed by atoms with Crippen molar-refractivity contribution < 1.29 is 4.79 Å². The highest BCUT2D eigenvalue weighted by Crippen LogP contribution is 2.33. The number of amides is 1. The molecule has 0 unspecified atom stereocenters. The summed E-state index contributed by atoms with van der Waals surface area (Å²) in [5.74, 6) is -0.0205. The fourth-order valence-electron chi connectivity index (χ4n) is 3.10. The molecule has 0 spiro atoms. The van der Waals surface area contributed by atoms with Gasteiger partial charge in [-0.1, -0.05) is 6.07 Å². The first-order chi connectivity index (χ1) is 11.1. The predicted octanol–water partition coefficient (Wildman–Crippen LogP) is 3.42. The maximum Gasteiger partial charge on any atom is 0.217 e. The number of carbonyl (C=O) groups is 1. The normalized spacial score (nSPS) is 18.3. The molecule has 5 heteroatoms. The van der Waals surface area contributed by atoms with Gasteiger partial charge in [0.2, 0.25) is 5.91 Å². The smallest absolute Gasteiger partial charge is 0.217 e. The maximum atomic E-state index is 11.1. The van der Waals surface area contributed by atoms with E-state index in [1.54, 1.807) is 0 Å². The fourth-order valence-corrected chi connectivity index (χ4v) is 4.03. The van der Waals surface area contributed by atoms with Crippen LogP contribution in [-0.4, -0.2) is 22.3 Å². The van der Waals surface area contributed by atoms with E-state index in [0.29, 0.717) is 12.6 Å². The van der Waals surface area contributed by atoms with E-state index in [1.165, 1.54) is 23.8 Å². The summed E-state index contributed by atoms with van der Waals surface area (Å²) in [4.78, 5) is 19.8. The molecule has 0 radical (unpaired) electrons. The number of likely N-dealkylation sites (tertiary alicyclic amines) is 1. The highest BCUT2D eigenvalue weighted by Gasteiger charge is 2.27. The summed E-state index contributed by atoms with van der Waals surface area (Å²) < 4.78 is 0. The van der Waals surface area contributed by atoms with E-state index in [9.17, 15) is 4.79 Å². The van der Waals surface area contributed by atoms with Gasteiger partial charge in [0.05, 0.1) is 24.0 Å². The molecule has 0 saturated carbocycles. The van der Waals surface area contributed by atoms with Crippen LogP contribution in [-0.2, 0) is 17.9 Å². The molecule has 1 aliphatic heterocycles. The number of thiophene rings is 1. The molecule has 0 bridgehead atoms. The first kappa shape index (κ1) is 16.1. The second kappa shape index (κ2) is 7.23. The van der Waals surface area contributed by atoms with Crippen molar-refractivity contribution in [3.63, 3.8) is 0 Å². The third-order valence-electron chi connectivity index (χ3n) is 4.37. The van der Waals surface area contributed by atoms with Crippen molar-refractivity contribution >= 4 is 17.2 Å². The van der Waals surface area contributed by atoms with E-state index in [2.05, 4.69) is 34.7 Å². The monoisotopic (exact) mass is 329 g/mol. The van der Waals surface area contributed by atoms with E-state index in [0.717, 1.165) is 30.9 Å². The van der Waals surface area contributed by atoms with Crippen molar-refractivity contribution in [1.82, 2.24) is 15.2 Å². The SMILES string of the molecule is CC(=O)NCc1cccc([C@H]2CCCN2Cc2sccc2C)n1. The lowest BCUT2D eigenvalue weighted by molar-refractivity contribution is -0.119. The molecule has 1 N–H and O–H groups in total. The minimum atomic E-state index is -0.0205. The quantitative estimate of drug-likeness (QED) is 0.914. The molecule has 0 aliphatic carbocycles. The Bertz CT molecular complexity index is 682. The lowest BCUT2D eigenvalue weighted by Crippen LogP contribution is -2.24. The number of hydrogen-bond acceptors (Lipinski definition) is 4. The van der Waals surface area contributed by atoms with Crippen LogP contribution in [0, 0.1) is 6.92 Å². The maximum absolute atomic E-state index is 11.1. The third kappa shape index (κ3) is 3.98. The van der Waals surface area contributed by atoms with Crippen molar-refractivity contribution in [2.24, 2.45) is 0 Å². The van der Waals surface area contributed by atoms with Crippen LogP contribution in [0.1, 0.15) is 47.6 Å². The summed E-state index contributed by atoms with van der Waals surface area (Å²) in [6, 6.07) is 8.71. The van der Waals surface area contributed by atoms with Gasteiger partial charge in [0, 0.05) is 18.3 Å². The summed E-state index contributed by atoms with van der Waals surface area (Å²) >= 11 is 1.84. The molecule has 4 nitrogen and oxygen atoms in total. The topological polar surface area (TPSA) is 45.2 Å². The van der Waals surface area contributed by atoms with Gasteiger partial charge >= 0.3 is 0 Å². The van der Waals surface area contributed by atoms with Crippen molar-refractivity contribution in [1.29, 1.82) is 0 Å². The van der Waals surface area contributed by atoms with Gasteiger partial charge in [-0.15, -0.1) is 11.3 Å². The Labute approximate surface area is 141 Å². The second-order valence-electron chi connectivity index (χ2n) is 6.12. The molecule has 1 atom stereocenters. The van der Waals surface area contributed by atoms with Crippen molar-refractivity contribution in [2.75, 3.05) is 6.54 Å². The number of aromatic nitrogens is 1. The Morgan fingerprint density at radius 2 is 2.30 bits per heavy atom. The molecule has 3 heterocycles. The lowest BCUT2D eigenvalue weighted by atomic mass is 10.1. The number of nitrogens with one attached hydrogen (secondary N) is 1. The van der Waals surface area contributed by atoms with Gasteiger partial charge in [-0.05, 0) is 55.5 Å². The molecule has 1 fully saturated rings. The molecular formula is C18H23N3OS. The minimum Gasteiger partial charge on any atom is -0.351 e. The number of hydrogen-bond donors (Lipinski definition) is 1. The molecule has 1 amide bonds. The molecule has 0 aromatic carbocycles. The summed E-state index contributed by atoms with van der Waals surface area (Å²) in [5.41, 5.74) is 3.43. The predicted molar refractivity (Wildman–Crippen MR) is 93.2 cm³/mol. The Hall–Kier alpha value is -1.72. The van der Waals surface area contributed by atoms with Crippen LogP contribution in [0.2, 0.25) is 0 Å². The highest BCUT2D eigenvalue weighted by molar-refractivity contribution is 7.10. The number of nitrogens with zero attached hydrogens (tertiary/aromatic N) is 2. The zero-order chi connectivity index (χ0) is 16.2. The van der Waals surface area contributed by atoms with Gasteiger partial charge in [0.15, 0.2) is 0 Å². The van der Waals surface area contributed by atoms with Gasteiger partial charge in [0.25, 0.3) is 0 Å². The summed E-state index contributed by atoms with van der Waals surface area (Å²) in [7, 11) is 0. The average molecular weight is 329 g/mol. The van der Waals surface area contributed by atoms with Gasteiger partial charge < -0.3 is 5.32 Å². The zero-order valence-electron chi connectivity index (χ0n) is 13.7. The summed E-state index contributed by atoms with van der Waals surface area (Å²) in [5, 5.41) is 4.99. The number of pyridine rings is 1. The van der Waals surface area contributed by atoms with Crippen molar-refractivity contribution in [3.8, 4) is 0 Å². The van der Waals surface area contributed by atoms with Crippen molar-refractivity contribution in [2.45, 2.75) is 45.8 Å². The molecule has 1 aliphatic rings. The van der Waals surface area contributed by atoms with Gasteiger partial charge in [0.1, 0.15) is 0 Å². The van der Waals surface area contributed by atoms with Crippen LogP contribution in [0.25, 0.3) is 0 Å². The molecular weight excluding hydrogens is 306 g/mol. The van der Waals surface area contributed by atoms with Crippen LogP contribution in [0.5, 0.6) is 0 Å². The third-order valence-corrected chi connectivity index (χ3v) is 5.37. The Morgan fingerprint density at radius 1 is 1.43 bits per heavy atom. The molecule has 2 aromatic rings. The van der Waals surface area contributed by atoms with Crippen LogP contribution >= 0.6 is 11.3 Å². The highest BCUT2D eigenvalue weighted by atomic mass is 32.1. The first-order valence-electron chi connectivity index (χ1n) is 8.11. The minimum absolute atomic E-state index is 0.0205. The Kier molecular flexibility index (Phi) is 5.08. The molecule has 2 aromatic heterocycles. The largest absolute Gasteiger partial charge is 0.351 e. The van der Waals surface area contributed by atoms with E-state index in [4.69, 9.17) is 4.98 Å². The number of aryl methyl sites for hydroxylation is 1.